The summed E-state index contributed by atoms with van der Waals surface area (Å²) >= 11 is 0. The quantitative estimate of drug-likeness (QED) is 0.588. The van der Waals surface area contributed by atoms with Crippen LogP contribution in [-0.2, 0) is 20.7 Å². The molecule has 1 aromatic heterocycles. The van der Waals surface area contributed by atoms with E-state index in [2.05, 4.69) is 15.6 Å². The summed E-state index contributed by atoms with van der Waals surface area (Å²) in [5.74, 6) is -1.26. The normalized spacial score (nSPS) is 11.5. The van der Waals surface area contributed by atoms with Crippen LogP contribution in [0.3, 0.4) is 0 Å². The number of pyridine rings is 1. The Morgan fingerprint density at radius 3 is 2.47 bits per heavy atom. The lowest BCUT2D eigenvalue weighted by Gasteiger charge is -2.17. The van der Waals surface area contributed by atoms with Crippen molar-refractivity contribution in [2.45, 2.75) is 25.9 Å². The van der Waals surface area contributed by atoms with Crippen LogP contribution in [0, 0.1) is 0 Å². The van der Waals surface area contributed by atoms with Crippen LogP contribution in [0.15, 0.2) is 66.7 Å². The lowest BCUT2D eigenvalue weighted by atomic mass is 10.1. The zero-order chi connectivity index (χ0) is 21.3. The molecule has 0 radical (unpaired) electrons. The van der Waals surface area contributed by atoms with Crippen LogP contribution < -0.4 is 10.6 Å². The second-order valence-corrected chi connectivity index (χ2v) is 6.62. The van der Waals surface area contributed by atoms with Gasteiger partial charge in [-0.05, 0) is 19.1 Å². The number of benzene rings is 2. The summed E-state index contributed by atoms with van der Waals surface area (Å²) in [4.78, 5) is 41.2. The van der Waals surface area contributed by atoms with Gasteiger partial charge in [0.1, 0.15) is 0 Å². The van der Waals surface area contributed by atoms with Gasteiger partial charge in [-0.15, -0.1) is 0 Å². The maximum absolute atomic E-state index is 12.5. The van der Waals surface area contributed by atoms with Gasteiger partial charge in [0.25, 0.3) is 5.91 Å². The van der Waals surface area contributed by atoms with Crippen molar-refractivity contribution >= 4 is 28.8 Å². The molecule has 2 N–H and O–H groups in total. The van der Waals surface area contributed by atoms with Crippen molar-refractivity contribution in [2.24, 2.45) is 0 Å². The number of rotatable bonds is 7. The SMILES string of the molecule is CCNC(=O)NC(=O)C(OC(=O)CCc1ccc2ccccc2n1)c1ccccc1. The smallest absolute Gasteiger partial charge is 0.321 e. The number of nitrogens with zero attached hydrogens (tertiary/aromatic N) is 1. The molecule has 1 atom stereocenters. The van der Waals surface area contributed by atoms with Crippen molar-refractivity contribution in [3.05, 3.63) is 78.0 Å². The fourth-order valence-corrected chi connectivity index (χ4v) is 2.95. The molecule has 1 unspecified atom stereocenters. The highest BCUT2D eigenvalue weighted by Crippen LogP contribution is 2.19. The number of aromatic nitrogens is 1. The third-order valence-corrected chi connectivity index (χ3v) is 4.41. The van der Waals surface area contributed by atoms with Gasteiger partial charge in [-0.1, -0.05) is 54.6 Å². The van der Waals surface area contributed by atoms with E-state index in [1.807, 2.05) is 36.4 Å². The van der Waals surface area contributed by atoms with E-state index >= 15 is 0 Å². The Kier molecular flexibility index (Phi) is 7.10. The van der Waals surface area contributed by atoms with E-state index in [0.29, 0.717) is 18.5 Å². The average Bonchev–Trinajstić information content (AvgIpc) is 2.76. The number of imide groups is 1. The molecule has 1 heterocycles. The van der Waals surface area contributed by atoms with Crippen LogP contribution in [0.4, 0.5) is 4.79 Å². The largest absolute Gasteiger partial charge is 0.447 e. The zero-order valence-corrected chi connectivity index (χ0v) is 16.6. The Morgan fingerprint density at radius 2 is 1.70 bits per heavy atom. The van der Waals surface area contributed by atoms with Crippen LogP contribution in [0.25, 0.3) is 10.9 Å². The zero-order valence-electron chi connectivity index (χ0n) is 16.6. The number of aryl methyl sites for hydroxylation is 1. The van der Waals surface area contributed by atoms with Gasteiger partial charge in [0.15, 0.2) is 0 Å². The van der Waals surface area contributed by atoms with Crippen molar-refractivity contribution in [2.75, 3.05) is 6.54 Å². The number of hydrogen-bond acceptors (Lipinski definition) is 5. The molecule has 2 aromatic carbocycles. The molecule has 3 amide bonds. The number of nitrogens with one attached hydrogen (secondary N) is 2. The van der Waals surface area contributed by atoms with Gasteiger partial charge in [-0.3, -0.25) is 19.9 Å². The summed E-state index contributed by atoms with van der Waals surface area (Å²) in [6, 6.07) is 19.5. The van der Waals surface area contributed by atoms with Gasteiger partial charge >= 0.3 is 12.0 Å². The van der Waals surface area contributed by atoms with E-state index in [0.717, 1.165) is 16.6 Å². The van der Waals surface area contributed by atoms with Crippen molar-refractivity contribution in [3.63, 3.8) is 0 Å². The fraction of sp³-hybridized carbons (Fsp3) is 0.217. The van der Waals surface area contributed by atoms with E-state index < -0.39 is 24.0 Å². The molecule has 0 aliphatic rings. The first-order valence-electron chi connectivity index (χ1n) is 9.74. The highest BCUT2D eigenvalue weighted by Gasteiger charge is 2.26. The van der Waals surface area contributed by atoms with E-state index in [1.54, 1.807) is 37.3 Å². The number of urea groups is 1. The minimum absolute atomic E-state index is 0.0586. The Hall–Kier alpha value is -3.74. The van der Waals surface area contributed by atoms with Crippen LogP contribution in [-0.4, -0.2) is 29.4 Å². The van der Waals surface area contributed by atoms with E-state index in [-0.39, 0.29) is 6.42 Å². The molecule has 3 rings (SSSR count). The van der Waals surface area contributed by atoms with Crippen molar-refractivity contribution in [3.8, 4) is 0 Å². The Labute approximate surface area is 174 Å². The lowest BCUT2D eigenvalue weighted by Crippen LogP contribution is -2.42. The molecule has 0 bridgehead atoms. The highest BCUT2D eigenvalue weighted by atomic mass is 16.5. The van der Waals surface area contributed by atoms with E-state index in [9.17, 15) is 14.4 Å². The number of ether oxygens (including phenoxy) is 1. The van der Waals surface area contributed by atoms with Crippen molar-refractivity contribution in [1.29, 1.82) is 0 Å². The summed E-state index contributed by atoms with van der Waals surface area (Å²) in [6.07, 6.45) is -0.780. The van der Waals surface area contributed by atoms with Crippen LogP contribution in [0.5, 0.6) is 0 Å². The van der Waals surface area contributed by atoms with E-state index in [4.69, 9.17) is 4.74 Å². The Morgan fingerprint density at radius 1 is 0.967 bits per heavy atom. The minimum Gasteiger partial charge on any atom is -0.447 e. The van der Waals surface area contributed by atoms with Crippen molar-refractivity contribution < 1.29 is 19.1 Å². The van der Waals surface area contributed by atoms with Crippen molar-refractivity contribution in [1.82, 2.24) is 15.6 Å². The number of carbonyl (C=O) groups excluding carboxylic acids is 3. The lowest BCUT2D eigenvalue weighted by molar-refractivity contribution is -0.156. The van der Waals surface area contributed by atoms with Gasteiger partial charge in [-0.25, -0.2) is 4.79 Å². The second-order valence-electron chi connectivity index (χ2n) is 6.62. The standard InChI is InChI=1S/C23H23N3O4/c1-2-24-23(29)26-22(28)21(17-9-4-3-5-10-17)30-20(27)15-14-18-13-12-16-8-6-7-11-19(16)25-18/h3-13,21H,2,14-15H2,1H3,(H2,24,26,28,29). The topological polar surface area (TPSA) is 97.4 Å². The third kappa shape index (κ3) is 5.64. The molecule has 0 saturated carbocycles. The number of hydrogen-bond donors (Lipinski definition) is 2. The predicted octanol–water partition coefficient (Wildman–Crippen LogP) is 3.30. The maximum atomic E-state index is 12.5. The van der Waals surface area contributed by atoms with Gasteiger partial charge < -0.3 is 10.1 Å². The molecule has 0 aliphatic heterocycles. The summed E-state index contributed by atoms with van der Waals surface area (Å²) in [5, 5.41) is 5.70. The van der Waals surface area contributed by atoms with Gasteiger partial charge in [0.05, 0.1) is 11.9 Å². The summed E-state index contributed by atoms with van der Waals surface area (Å²) in [5.41, 5.74) is 2.09. The molecule has 7 nitrogen and oxygen atoms in total. The highest BCUT2D eigenvalue weighted by molar-refractivity contribution is 5.97. The molecular formula is C23H23N3O4. The van der Waals surface area contributed by atoms with Crippen LogP contribution in [0.1, 0.15) is 30.7 Å². The van der Waals surface area contributed by atoms with Crippen LogP contribution in [0.2, 0.25) is 0 Å². The number of esters is 1. The molecule has 30 heavy (non-hydrogen) atoms. The first kappa shape index (κ1) is 21.0. The Balaban J connectivity index is 1.66. The number of para-hydroxylation sites is 1. The second kappa shape index (κ2) is 10.2. The molecule has 0 saturated heterocycles. The third-order valence-electron chi connectivity index (χ3n) is 4.41. The van der Waals surface area contributed by atoms with E-state index in [1.165, 1.54) is 0 Å². The van der Waals surface area contributed by atoms with Gasteiger partial charge in [0.2, 0.25) is 6.10 Å². The monoisotopic (exact) mass is 405 g/mol. The number of carbonyl (C=O) groups is 3. The number of amides is 3. The fourth-order valence-electron chi connectivity index (χ4n) is 2.95. The number of fused-ring (bicyclic) bond motifs is 1. The minimum atomic E-state index is -1.22. The first-order chi connectivity index (χ1) is 14.6. The van der Waals surface area contributed by atoms with Gasteiger partial charge in [-0.2, -0.15) is 0 Å². The molecule has 7 heteroatoms. The molecule has 154 valence electrons. The maximum Gasteiger partial charge on any atom is 0.321 e. The molecule has 0 aliphatic carbocycles. The molecule has 0 fully saturated rings. The average molecular weight is 405 g/mol. The van der Waals surface area contributed by atoms with Crippen LogP contribution >= 0.6 is 0 Å². The first-order valence-corrected chi connectivity index (χ1v) is 9.74. The molecule has 0 spiro atoms. The molecule has 3 aromatic rings. The predicted molar refractivity (Wildman–Crippen MR) is 113 cm³/mol. The summed E-state index contributed by atoms with van der Waals surface area (Å²) < 4.78 is 5.43. The summed E-state index contributed by atoms with van der Waals surface area (Å²) in [7, 11) is 0. The van der Waals surface area contributed by atoms with Gasteiger partial charge in [0, 0.05) is 29.6 Å². The Bertz CT molecular complexity index is 1040. The summed E-state index contributed by atoms with van der Waals surface area (Å²) in [6.45, 7) is 2.10. The molecular weight excluding hydrogens is 382 g/mol.